The molecule has 0 radical (unpaired) electrons. The van der Waals surface area contributed by atoms with Gasteiger partial charge in [0.15, 0.2) is 0 Å². The minimum atomic E-state index is -0.123. The number of hydrogen-bond acceptors (Lipinski definition) is 5. The molecule has 0 spiro atoms. The predicted molar refractivity (Wildman–Crippen MR) is 95.1 cm³/mol. The van der Waals surface area contributed by atoms with Crippen LogP contribution >= 0.6 is 0 Å². The first-order chi connectivity index (χ1) is 11.9. The van der Waals surface area contributed by atoms with Gasteiger partial charge in [-0.2, -0.15) is 5.10 Å². The van der Waals surface area contributed by atoms with Crippen molar-refractivity contribution in [2.75, 3.05) is 26.2 Å². The van der Waals surface area contributed by atoms with Gasteiger partial charge in [0, 0.05) is 32.2 Å². The molecule has 0 unspecified atom stereocenters. The van der Waals surface area contributed by atoms with Crippen molar-refractivity contribution in [1.82, 2.24) is 24.6 Å². The summed E-state index contributed by atoms with van der Waals surface area (Å²) in [5.41, 5.74) is 0. The zero-order chi connectivity index (χ0) is 18.0. The highest BCUT2D eigenvalue weighted by Crippen LogP contribution is 2.22. The molecular formula is C18H31N5O2. The average molecular weight is 349 g/mol. The zero-order valence-corrected chi connectivity index (χ0v) is 15.7. The molecule has 2 aliphatic rings. The predicted octanol–water partition coefficient (Wildman–Crippen LogP) is 0.979. The maximum Gasteiger partial charge on any atom is 0.227 e. The Morgan fingerprint density at radius 1 is 1.16 bits per heavy atom. The summed E-state index contributed by atoms with van der Waals surface area (Å²) in [6, 6.07) is 0.562. The maximum absolute atomic E-state index is 12.8. The van der Waals surface area contributed by atoms with E-state index in [2.05, 4.69) is 15.0 Å². The summed E-state index contributed by atoms with van der Waals surface area (Å²) in [7, 11) is 0. The Bertz CT molecular complexity index is 586. The van der Waals surface area contributed by atoms with Gasteiger partial charge in [-0.3, -0.25) is 4.79 Å². The van der Waals surface area contributed by atoms with Crippen molar-refractivity contribution in [2.45, 2.75) is 65.1 Å². The number of aromatic nitrogens is 3. The largest absolute Gasteiger partial charge is 0.393 e. The number of nitrogens with zero attached hydrogens (tertiary/aromatic N) is 5. The van der Waals surface area contributed by atoms with E-state index >= 15 is 0 Å². The van der Waals surface area contributed by atoms with Gasteiger partial charge in [-0.25, -0.2) is 9.67 Å². The second-order valence-corrected chi connectivity index (χ2v) is 7.61. The molecule has 1 atom stereocenters. The lowest BCUT2D eigenvalue weighted by atomic mass is 9.98. The number of aliphatic hydroxyl groups excluding tert-OH is 1. The van der Waals surface area contributed by atoms with Crippen LogP contribution in [0.25, 0.3) is 0 Å². The molecule has 7 nitrogen and oxygen atoms in total. The molecule has 7 heteroatoms. The van der Waals surface area contributed by atoms with Crippen molar-refractivity contribution in [3.63, 3.8) is 0 Å². The standard InChI is InChI=1S/C18H31N5O2/c1-13(12-23-15(3)19-14(2)20-23)18(25)22-8-4-16(5-9-22)21-10-6-17(24)7-11-21/h13,16-17,24H,4-12H2,1-3H3/t13-/m0/s1. The minimum Gasteiger partial charge on any atom is -0.393 e. The van der Waals surface area contributed by atoms with Crippen molar-refractivity contribution in [3.05, 3.63) is 11.6 Å². The summed E-state index contributed by atoms with van der Waals surface area (Å²) >= 11 is 0. The van der Waals surface area contributed by atoms with Crippen molar-refractivity contribution in [3.8, 4) is 0 Å². The van der Waals surface area contributed by atoms with Gasteiger partial charge in [0.1, 0.15) is 11.6 Å². The molecule has 25 heavy (non-hydrogen) atoms. The van der Waals surface area contributed by atoms with Crippen LogP contribution in [0.2, 0.25) is 0 Å². The van der Waals surface area contributed by atoms with E-state index < -0.39 is 0 Å². The van der Waals surface area contributed by atoms with Crippen molar-refractivity contribution in [1.29, 1.82) is 0 Å². The Hall–Kier alpha value is -1.47. The van der Waals surface area contributed by atoms with Gasteiger partial charge in [0.05, 0.1) is 18.6 Å². The van der Waals surface area contributed by atoms with E-state index in [1.807, 2.05) is 30.4 Å². The van der Waals surface area contributed by atoms with E-state index in [9.17, 15) is 9.90 Å². The van der Waals surface area contributed by atoms with E-state index in [0.717, 1.165) is 63.5 Å². The Morgan fingerprint density at radius 2 is 1.80 bits per heavy atom. The summed E-state index contributed by atoms with van der Waals surface area (Å²) in [6.07, 6.45) is 3.72. The van der Waals surface area contributed by atoms with Crippen LogP contribution in [0, 0.1) is 19.8 Å². The lowest BCUT2D eigenvalue weighted by Gasteiger charge is -2.41. The fraction of sp³-hybridized carbons (Fsp3) is 0.833. The highest BCUT2D eigenvalue weighted by atomic mass is 16.3. The SMILES string of the molecule is Cc1nc(C)n(C[C@H](C)C(=O)N2CCC(N3CCC(O)CC3)CC2)n1. The zero-order valence-electron chi connectivity index (χ0n) is 15.7. The number of amides is 1. The van der Waals surface area contributed by atoms with Crippen LogP contribution in [-0.4, -0.2) is 73.9 Å². The summed E-state index contributed by atoms with van der Waals surface area (Å²) in [6.45, 7) is 10.0. The Labute approximate surface area is 150 Å². The second-order valence-electron chi connectivity index (χ2n) is 7.61. The molecule has 1 amide bonds. The molecule has 1 N–H and O–H groups in total. The fourth-order valence-electron chi connectivity index (χ4n) is 4.09. The van der Waals surface area contributed by atoms with Gasteiger partial charge in [0.25, 0.3) is 0 Å². The van der Waals surface area contributed by atoms with Gasteiger partial charge < -0.3 is 14.9 Å². The highest BCUT2D eigenvalue weighted by molar-refractivity contribution is 5.78. The van der Waals surface area contributed by atoms with Crippen LogP contribution in [0.1, 0.15) is 44.3 Å². The molecule has 2 aliphatic heterocycles. The molecule has 0 saturated carbocycles. The summed E-state index contributed by atoms with van der Waals surface area (Å²) in [5, 5.41) is 14.0. The fourth-order valence-corrected chi connectivity index (χ4v) is 4.09. The molecule has 0 aromatic carbocycles. The Kier molecular flexibility index (Phi) is 5.74. The lowest BCUT2D eigenvalue weighted by Crippen LogP contribution is -2.50. The molecule has 0 bridgehead atoms. The van der Waals surface area contributed by atoms with Crippen LogP contribution in [-0.2, 0) is 11.3 Å². The molecule has 3 heterocycles. The van der Waals surface area contributed by atoms with Crippen molar-refractivity contribution in [2.24, 2.45) is 5.92 Å². The van der Waals surface area contributed by atoms with Gasteiger partial charge in [0.2, 0.25) is 5.91 Å². The molecule has 140 valence electrons. The summed E-state index contributed by atoms with van der Waals surface area (Å²) in [4.78, 5) is 21.6. The quantitative estimate of drug-likeness (QED) is 0.877. The number of carbonyl (C=O) groups excluding carboxylic acids is 1. The smallest absolute Gasteiger partial charge is 0.227 e. The number of likely N-dealkylation sites (tertiary alicyclic amines) is 2. The topological polar surface area (TPSA) is 74.5 Å². The van der Waals surface area contributed by atoms with E-state index in [0.29, 0.717) is 12.6 Å². The van der Waals surface area contributed by atoms with Crippen LogP contribution in [0.5, 0.6) is 0 Å². The average Bonchev–Trinajstić information content (AvgIpc) is 2.92. The molecule has 2 saturated heterocycles. The molecule has 1 aromatic heterocycles. The normalized spacial score (nSPS) is 22.3. The lowest BCUT2D eigenvalue weighted by molar-refractivity contribution is -0.137. The van der Waals surface area contributed by atoms with Crippen LogP contribution in [0.15, 0.2) is 0 Å². The van der Waals surface area contributed by atoms with Crippen molar-refractivity contribution >= 4 is 5.91 Å². The van der Waals surface area contributed by atoms with Crippen LogP contribution < -0.4 is 0 Å². The number of rotatable bonds is 4. The molecule has 2 fully saturated rings. The number of aryl methyl sites for hydroxylation is 2. The number of aliphatic hydroxyl groups is 1. The van der Waals surface area contributed by atoms with Crippen LogP contribution in [0.3, 0.4) is 0 Å². The molecular weight excluding hydrogens is 318 g/mol. The molecule has 0 aliphatic carbocycles. The van der Waals surface area contributed by atoms with E-state index in [1.54, 1.807) is 0 Å². The highest BCUT2D eigenvalue weighted by Gasteiger charge is 2.30. The molecule has 3 rings (SSSR count). The summed E-state index contributed by atoms with van der Waals surface area (Å²) < 4.78 is 1.84. The van der Waals surface area contributed by atoms with E-state index in [1.165, 1.54) is 0 Å². The van der Waals surface area contributed by atoms with Gasteiger partial charge in [-0.15, -0.1) is 0 Å². The first kappa shape index (κ1) is 18.3. The minimum absolute atomic E-state index is 0.0820. The van der Waals surface area contributed by atoms with E-state index in [-0.39, 0.29) is 17.9 Å². The van der Waals surface area contributed by atoms with Gasteiger partial charge in [-0.1, -0.05) is 6.92 Å². The Morgan fingerprint density at radius 3 is 2.36 bits per heavy atom. The number of carbonyl (C=O) groups is 1. The maximum atomic E-state index is 12.8. The Balaban J connectivity index is 1.48. The first-order valence-corrected chi connectivity index (χ1v) is 9.53. The third kappa shape index (κ3) is 4.39. The van der Waals surface area contributed by atoms with Crippen molar-refractivity contribution < 1.29 is 9.90 Å². The third-order valence-electron chi connectivity index (χ3n) is 5.62. The second kappa shape index (κ2) is 7.83. The van der Waals surface area contributed by atoms with E-state index in [4.69, 9.17) is 0 Å². The first-order valence-electron chi connectivity index (χ1n) is 9.53. The monoisotopic (exact) mass is 349 g/mol. The third-order valence-corrected chi connectivity index (χ3v) is 5.62. The van der Waals surface area contributed by atoms with Crippen LogP contribution in [0.4, 0.5) is 0 Å². The summed E-state index contributed by atoms with van der Waals surface area (Å²) in [5.74, 6) is 1.76. The van der Waals surface area contributed by atoms with Gasteiger partial charge in [-0.05, 0) is 39.5 Å². The number of hydrogen-bond donors (Lipinski definition) is 1. The van der Waals surface area contributed by atoms with Gasteiger partial charge >= 0.3 is 0 Å². The number of piperidine rings is 2. The molecule has 1 aromatic rings.